The minimum Gasteiger partial charge on any atom is -0.490 e. The second kappa shape index (κ2) is 23.2. The van der Waals surface area contributed by atoms with E-state index in [0.29, 0.717) is 99.5 Å². The number of anilines is 2. The van der Waals surface area contributed by atoms with Crippen LogP contribution in [0.15, 0.2) is 72.8 Å². The van der Waals surface area contributed by atoms with Crippen molar-refractivity contribution in [1.82, 2.24) is 9.44 Å². The molecule has 2 saturated carbocycles. The lowest BCUT2D eigenvalue weighted by Crippen LogP contribution is -2.51. The summed E-state index contributed by atoms with van der Waals surface area (Å²) >= 11 is 12.7. The predicted molar refractivity (Wildman–Crippen MR) is 307 cm³/mol. The Labute approximate surface area is 479 Å². The minimum atomic E-state index is -3.85. The van der Waals surface area contributed by atoms with Gasteiger partial charge in [-0.1, -0.05) is 35.3 Å². The fourth-order valence-corrected chi connectivity index (χ4v) is 16.9. The number of nitrogens with one attached hydrogen (secondary N) is 2. The van der Waals surface area contributed by atoms with Crippen molar-refractivity contribution in [2.24, 2.45) is 23.7 Å². The number of fused-ring (bicyclic) bond motifs is 8. The molecule has 16 nitrogen and oxygen atoms in total. The van der Waals surface area contributed by atoms with E-state index in [1.165, 1.54) is 22.3 Å². The summed E-state index contributed by atoms with van der Waals surface area (Å²) in [6.07, 6.45) is 7.92. The van der Waals surface area contributed by atoms with Gasteiger partial charge in [0.25, 0.3) is 11.8 Å². The van der Waals surface area contributed by atoms with Crippen LogP contribution in [0, 0.1) is 23.7 Å². The maximum atomic E-state index is 13.1. The van der Waals surface area contributed by atoms with Gasteiger partial charge in [0, 0.05) is 58.2 Å². The van der Waals surface area contributed by atoms with Gasteiger partial charge in [0.05, 0.1) is 60.5 Å². The molecule has 432 valence electrons. The molecule has 8 aliphatic rings. The number of benzene rings is 4. The van der Waals surface area contributed by atoms with Crippen LogP contribution < -0.4 is 28.7 Å². The summed E-state index contributed by atoms with van der Waals surface area (Å²) in [5.41, 5.74) is 6.35. The number of hydrogen-bond donors (Lipinski definition) is 6. The molecule has 4 aliphatic carbocycles. The normalized spacial score (nSPS) is 32.1. The number of aliphatic hydroxyl groups excluding tert-OH is 4. The quantitative estimate of drug-likeness (QED) is 0.0996. The topological polar surface area (TPSA) is 232 Å². The molecule has 20 heteroatoms. The summed E-state index contributed by atoms with van der Waals surface area (Å²) in [5, 5.41) is 45.0. The molecule has 80 heavy (non-hydrogen) atoms. The number of nitrogens with zero attached hydrogens (tertiary/aromatic N) is 2. The van der Waals surface area contributed by atoms with E-state index in [-0.39, 0.29) is 57.1 Å². The fraction of sp³-hybridized carbons (Fsp3) is 0.567. The molecule has 10 atom stereocenters. The van der Waals surface area contributed by atoms with E-state index in [1.54, 1.807) is 36.4 Å². The van der Waals surface area contributed by atoms with Crippen molar-refractivity contribution in [1.29, 1.82) is 0 Å². The highest BCUT2D eigenvalue weighted by Crippen LogP contribution is 2.49. The fourth-order valence-electron chi connectivity index (χ4n) is 14.3. The van der Waals surface area contributed by atoms with E-state index >= 15 is 0 Å². The Hall–Kier alpha value is -4.66. The summed E-state index contributed by atoms with van der Waals surface area (Å²) in [6.45, 7) is 3.53. The molecule has 0 radical (unpaired) electrons. The Kier molecular flexibility index (Phi) is 16.6. The molecule has 4 bridgehead atoms. The molecular weight excluding hydrogens is 1100 g/mol. The standard InChI is InChI=1S/2C30H37ClN2O6S/c2*31-22-8-10-24-19(14-22)4-3-12-30(24)17-33-16-21-6-9-23(21)28(35)26(34)5-1-2-13-40(37,38)32-29(36)20-7-11-27(39-18-30)25(33)15-20/h2*7-8,10-11,14-15,21,23,26,28,34-35H,1-6,9,12-13,16-18H2,(H,32,36)/t21-,23+,26+,28+,30-;21-,23+,26-,28-,30-/m00/s1. The van der Waals surface area contributed by atoms with E-state index < -0.39 is 56.3 Å². The summed E-state index contributed by atoms with van der Waals surface area (Å²) in [5.74, 6) is -0.215. The van der Waals surface area contributed by atoms with Crippen LogP contribution in [0.4, 0.5) is 11.4 Å². The van der Waals surface area contributed by atoms with Gasteiger partial charge in [-0.15, -0.1) is 0 Å². The van der Waals surface area contributed by atoms with Crippen molar-refractivity contribution in [3.8, 4) is 11.5 Å². The monoisotopic (exact) mass is 1180 g/mol. The lowest BCUT2D eigenvalue weighted by atomic mass is 9.67. The molecule has 0 aromatic heterocycles. The first-order valence-corrected chi connectivity index (χ1v) is 32.8. The number of ether oxygens (including phenoxy) is 2. The van der Waals surface area contributed by atoms with Crippen LogP contribution in [0.3, 0.4) is 0 Å². The highest BCUT2D eigenvalue weighted by molar-refractivity contribution is 7.90. The van der Waals surface area contributed by atoms with Crippen molar-refractivity contribution in [3.63, 3.8) is 0 Å². The Morgan fingerprint density at radius 3 is 1.35 bits per heavy atom. The molecule has 4 aliphatic heterocycles. The van der Waals surface area contributed by atoms with E-state index in [0.717, 1.165) is 75.6 Å². The summed E-state index contributed by atoms with van der Waals surface area (Å²) < 4.78 is 67.9. The number of sulfonamides is 2. The zero-order chi connectivity index (χ0) is 56.1. The number of halogens is 2. The number of carbonyl (C=O) groups is 2. The van der Waals surface area contributed by atoms with E-state index in [9.17, 15) is 46.9 Å². The lowest BCUT2D eigenvalue weighted by Gasteiger charge is -2.46. The second-order valence-electron chi connectivity index (χ2n) is 24.2. The second-order valence-corrected chi connectivity index (χ2v) is 28.7. The molecule has 0 unspecified atom stereocenters. The molecule has 2 spiro atoms. The molecular formula is C60H74Cl2N4O12S2. The van der Waals surface area contributed by atoms with Crippen molar-refractivity contribution in [2.45, 2.75) is 138 Å². The van der Waals surface area contributed by atoms with Crippen LogP contribution in [0.1, 0.15) is 133 Å². The van der Waals surface area contributed by atoms with Gasteiger partial charge in [0.15, 0.2) is 0 Å². The third-order valence-corrected chi connectivity index (χ3v) is 22.1. The first kappa shape index (κ1) is 57.2. The van der Waals surface area contributed by atoms with Gasteiger partial charge in [-0.25, -0.2) is 26.3 Å². The number of rotatable bonds is 0. The van der Waals surface area contributed by atoms with Crippen molar-refractivity contribution in [3.05, 3.63) is 116 Å². The first-order valence-electron chi connectivity index (χ1n) is 28.7. The maximum Gasteiger partial charge on any atom is 0.264 e. The smallest absolute Gasteiger partial charge is 0.264 e. The Morgan fingerprint density at radius 2 is 0.950 bits per heavy atom. The predicted octanol–water partition coefficient (Wildman–Crippen LogP) is 7.61. The van der Waals surface area contributed by atoms with Gasteiger partial charge in [0.1, 0.15) is 11.5 Å². The highest BCUT2D eigenvalue weighted by Gasteiger charge is 2.48. The molecule has 4 aromatic carbocycles. The molecule has 2 fully saturated rings. The Morgan fingerprint density at radius 1 is 0.525 bits per heavy atom. The van der Waals surface area contributed by atoms with Crippen LogP contribution in [0.5, 0.6) is 11.5 Å². The van der Waals surface area contributed by atoms with Gasteiger partial charge in [-0.2, -0.15) is 0 Å². The van der Waals surface area contributed by atoms with Gasteiger partial charge in [-0.05, 0) is 209 Å². The molecule has 12 rings (SSSR count). The third kappa shape index (κ3) is 11.9. The maximum absolute atomic E-state index is 13.1. The zero-order valence-corrected chi connectivity index (χ0v) is 48.2. The summed E-state index contributed by atoms with van der Waals surface area (Å²) in [6, 6.07) is 22.4. The lowest BCUT2D eigenvalue weighted by molar-refractivity contribution is -0.0668. The minimum absolute atomic E-state index is 0.0425. The van der Waals surface area contributed by atoms with Crippen molar-refractivity contribution in [2.75, 3.05) is 60.7 Å². The molecule has 6 N–H and O–H groups in total. The van der Waals surface area contributed by atoms with Gasteiger partial charge in [0.2, 0.25) is 20.0 Å². The Balaban J connectivity index is 0.000000169. The number of carbonyl (C=O) groups excluding carboxylic acids is 2. The summed E-state index contributed by atoms with van der Waals surface area (Å²) in [7, 11) is -7.70. The summed E-state index contributed by atoms with van der Waals surface area (Å²) in [4.78, 5) is 30.7. The van der Waals surface area contributed by atoms with Gasteiger partial charge < -0.3 is 39.7 Å². The largest absolute Gasteiger partial charge is 0.490 e. The SMILES string of the molecule is O=C1NS(=O)(=O)CCCC[C@@H](O)[C@H](O)[C@@H]2CC[C@H]2CN2C[C@@]3(CCCc4cc(Cl)ccc43)COc3ccc1cc32.O=C1NS(=O)(=O)CCCC[C@H](O)[C@@H](O)[C@@H]2CC[C@H]2CN2C[C@@]3(CCCc4cc(Cl)ccc43)COc3ccc1cc32. The number of hydrogen-bond acceptors (Lipinski definition) is 14. The number of amides is 2. The van der Waals surface area contributed by atoms with E-state index in [2.05, 4.69) is 31.4 Å². The van der Waals surface area contributed by atoms with Crippen molar-refractivity contribution < 1.29 is 56.3 Å². The van der Waals surface area contributed by atoms with Gasteiger partial charge >= 0.3 is 0 Å². The van der Waals surface area contributed by atoms with Crippen LogP contribution >= 0.6 is 23.2 Å². The molecule has 2 amide bonds. The van der Waals surface area contributed by atoms with Crippen molar-refractivity contribution >= 4 is 66.4 Å². The van der Waals surface area contributed by atoms with Crippen LogP contribution in [-0.4, -0.2) is 124 Å². The molecule has 4 aromatic rings. The van der Waals surface area contributed by atoms with E-state index in [4.69, 9.17) is 32.7 Å². The van der Waals surface area contributed by atoms with Crippen LogP contribution in [0.25, 0.3) is 0 Å². The Bertz CT molecular complexity index is 3010. The third-order valence-electron chi connectivity index (χ3n) is 18.9. The average Bonchev–Trinajstić information content (AvgIpc) is 3.87. The van der Waals surface area contributed by atoms with E-state index in [1.807, 2.05) is 24.3 Å². The van der Waals surface area contributed by atoms with Crippen LogP contribution in [-0.2, 0) is 43.7 Å². The number of aliphatic hydroxyl groups is 4. The van der Waals surface area contributed by atoms with Gasteiger partial charge in [-0.3, -0.25) is 9.59 Å². The zero-order valence-electron chi connectivity index (χ0n) is 45.0. The molecule has 4 heterocycles. The highest BCUT2D eigenvalue weighted by atomic mass is 35.5. The number of aryl methyl sites for hydroxylation is 2. The average molecular weight is 1180 g/mol. The first-order chi connectivity index (χ1) is 38.3. The van der Waals surface area contributed by atoms with Crippen LogP contribution in [0.2, 0.25) is 10.0 Å². The molecule has 0 saturated heterocycles.